The third-order valence-electron chi connectivity index (χ3n) is 6.73. The lowest BCUT2D eigenvalue weighted by Gasteiger charge is -2.23. The molecule has 0 radical (unpaired) electrons. The van der Waals surface area contributed by atoms with E-state index in [4.69, 9.17) is 5.73 Å². The van der Waals surface area contributed by atoms with E-state index in [2.05, 4.69) is 4.72 Å². The molecular formula is C25H33N3O4S. The van der Waals surface area contributed by atoms with E-state index in [9.17, 15) is 18.0 Å². The van der Waals surface area contributed by atoms with Crippen molar-refractivity contribution in [1.82, 2.24) is 9.62 Å². The zero-order chi connectivity index (χ0) is 24.5. The number of nitrogens with zero attached hydrogens (tertiary/aromatic N) is 1. The Labute approximate surface area is 196 Å². The number of hydrogen-bond donors (Lipinski definition) is 2. The maximum atomic E-state index is 13.1. The van der Waals surface area contributed by atoms with Gasteiger partial charge in [0.1, 0.15) is 0 Å². The van der Waals surface area contributed by atoms with Gasteiger partial charge in [0.25, 0.3) is 0 Å². The number of nitrogens with one attached hydrogen (secondary N) is 1. The average molecular weight is 472 g/mol. The predicted molar refractivity (Wildman–Crippen MR) is 128 cm³/mol. The first-order valence-electron chi connectivity index (χ1n) is 11.2. The highest BCUT2D eigenvalue weighted by Gasteiger charge is 2.32. The van der Waals surface area contributed by atoms with Gasteiger partial charge in [-0.25, -0.2) is 13.1 Å². The van der Waals surface area contributed by atoms with E-state index < -0.39 is 15.9 Å². The summed E-state index contributed by atoms with van der Waals surface area (Å²) in [6.45, 7) is 9.98. The van der Waals surface area contributed by atoms with Crippen LogP contribution in [-0.4, -0.2) is 37.7 Å². The van der Waals surface area contributed by atoms with E-state index in [1.54, 1.807) is 29.2 Å². The SMILES string of the molecule is Cc1c(C)c(C)c(S(=O)(=O)NCCC(=O)N(Cc2ccc(C(N)=O)cc2)C2CC2)c(C)c1C. The van der Waals surface area contributed by atoms with Gasteiger partial charge in [0.15, 0.2) is 0 Å². The lowest BCUT2D eigenvalue weighted by molar-refractivity contribution is -0.132. The van der Waals surface area contributed by atoms with E-state index in [0.717, 1.165) is 46.2 Å². The Hall–Kier alpha value is -2.71. The van der Waals surface area contributed by atoms with Crippen LogP contribution in [0.5, 0.6) is 0 Å². The highest BCUT2D eigenvalue weighted by molar-refractivity contribution is 7.89. The normalized spacial score (nSPS) is 13.7. The Kier molecular flexibility index (Phi) is 7.29. The third-order valence-corrected chi connectivity index (χ3v) is 8.46. The molecule has 0 aromatic heterocycles. The molecule has 178 valence electrons. The highest BCUT2D eigenvalue weighted by Crippen LogP contribution is 2.30. The summed E-state index contributed by atoms with van der Waals surface area (Å²) in [6, 6.07) is 7.06. The molecule has 8 heteroatoms. The van der Waals surface area contributed by atoms with Crippen molar-refractivity contribution in [3.8, 4) is 0 Å². The van der Waals surface area contributed by atoms with Gasteiger partial charge in [-0.3, -0.25) is 9.59 Å². The van der Waals surface area contributed by atoms with Crippen molar-refractivity contribution in [2.75, 3.05) is 6.54 Å². The Morgan fingerprint density at radius 1 is 0.939 bits per heavy atom. The van der Waals surface area contributed by atoms with Gasteiger partial charge in [-0.15, -0.1) is 0 Å². The summed E-state index contributed by atoms with van der Waals surface area (Å²) in [5.74, 6) is -0.586. The van der Waals surface area contributed by atoms with Gasteiger partial charge in [-0.2, -0.15) is 0 Å². The van der Waals surface area contributed by atoms with Crippen molar-refractivity contribution < 1.29 is 18.0 Å². The molecule has 33 heavy (non-hydrogen) atoms. The monoisotopic (exact) mass is 471 g/mol. The van der Waals surface area contributed by atoms with Gasteiger partial charge in [-0.1, -0.05) is 12.1 Å². The smallest absolute Gasteiger partial charge is 0.248 e. The molecule has 0 spiro atoms. The number of carbonyl (C=O) groups is 2. The van der Waals surface area contributed by atoms with Crippen LogP contribution in [0, 0.1) is 34.6 Å². The molecule has 3 rings (SSSR count). The summed E-state index contributed by atoms with van der Waals surface area (Å²) in [5.41, 5.74) is 11.1. The Bertz CT molecular complexity index is 1150. The summed E-state index contributed by atoms with van der Waals surface area (Å²) in [4.78, 5) is 26.3. The molecule has 7 nitrogen and oxygen atoms in total. The molecule has 3 N–H and O–H groups in total. The molecular weight excluding hydrogens is 438 g/mol. The molecule has 0 unspecified atom stereocenters. The van der Waals surface area contributed by atoms with E-state index in [-0.39, 0.29) is 24.9 Å². The number of benzene rings is 2. The first-order chi connectivity index (χ1) is 15.4. The minimum Gasteiger partial charge on any atom is -0.366 e. The minimum atomic E-state index is -3.75. The van der Waals surface area contributed by atoms with Crippen LogP contribution in [0.25, 0.3) is 0 Å². The maximum Gasteiger partial charge on any atom is 0.248 e. The maximum absolute atomic E-state index is 13.1. The second kappa shape index (κ2) is 9.65. The second-order valence-electron chi connectivity index (χ2n) is 8.92. The largest absolute Gasteiger partial charge is 0.366 e. The molecule has 1 saturated carbocycles. The molecule has 0 heterocycles. The summed E-state index contributed by atoms with van der Waals surface area (Å²) < 4.78 is 28.8. The van der Waals surface area contributed by atoms with Crippen LogP contribution in [0.2, 0.25) is 0 Å². The predicted octanol–water partition coefficient (Wildman–Crippen LogP) is 3.19. The van der Waals surface area contributed by atoms with Crippen LogP contribution in [0.1, 0.15) is 63.0 Å². The van der Waals surface area contributed by atoms with Crippen molar-refractivity contribution >= 4 is 21.8 Å². The Balaban J connectivity index is 1.68. The van der Waals surface area contributed by atoms with Crippen molar-refractivity contribution in [3.63, 3.8) is 0 Å². The van der Waals surface area contributed by atoms with Crippen LogP contribution >= 0.6 is 0 Å². The van der Waals surface area contributed by atoms with Crippen LogP contribution < -0.4 is 10.5 Å². The highest BCUT2D eigenvalue weighted by atomic mass is 32.2. The summed E-state index contributed by atoms with van der Waals surface area (Å²) in [5, 5.41) is 0. The fourth-order valence-corrected chi connectivity index (χ4v) is 5.78. The number of primary amides is 1. The Morgan fingerprint density at radius 2 is 1.45 bits per heavy atom. The van der Waals surface area contributed by atoms with Crippen molar-refractivity contribution in [3.05, 3.63) is 63.2 Å². The van der Waals surface area contributed by atoms with Crippen LogP contribution in [0.4, 0.5) is 0 Å². The summed E-state index contributed by atoms with van der Waals surface area (Å²) in [7, 11) is -3.75. The van der Waals surface area contributed by atoms with E-state index in [1.165, 1.54) is 0 Å². The molecule has 0 aliphatic heterocycles. The summed E-state index contributed by atoms with van der Waals surface area (Å²) in [6.07, 6.45) is 1.96. The number of sulfonamides is 1. The van der Waals surface area contributed by atoms with Gasteiger partial charge in [0, 0.05) is 31.1 Å². The van der Waals surface area contributed by atoms with E-state index in [1.807, 2.05) is 34.6 Å². The fraction of sp³-hybridized carbons (Fsp3) is 0.440. The number of nitrogens with two attached hydrogens (primary N) is 1. The number of hydrogen-bond acceptors (Lipinski definition) is 4. The molecule has 1 aliphatic rings. The van der Waals surface area contributed by atoms with Gasteiger partial charge < -0.3 is 10.6 Å². The Morgan fingerprint density at radius 3 is 1.94 bits per heavy atom. The third kappa shape index (κ3) is 5.45. The molecule has 2 aromatic rings. The zero-order valence-electron chi connectivity index (χ0n) is 20.0. The lowest BCUT2D eigenvalue weighted by Crippen LogP contribution is -2.36. The van der Waals surface area contributed by atoms with E-state index >= 15 is 0 Å². The average Bonchev–Trinajstić information content (AvgIpc) is 3.60. The zero-order valence-corrected chi connectivity index (χ0v) is 20.8. The molecule has 1 fully saturated rings. The second-order valence-corrected chi connectivity index (χ2v) is 10.6. The number of carbonyl (C=O) groups excluding carboxylic acids is 2. The van der Waals surface area contributed by atoms with Gasteiger partial charge in [-0.05, 0) is 93.0 Å². The topological polar surface area (TPSA) is 110 Å². The first kappa shape index (κ1) is 24.9. The van der Waals surface area contributed by atoms with Crippen LogP contribution in [0.15, 0.2) is 29.2 Å². The van der Waals surface area contributed by atoms with Gasteiger partial charge in [0.2, 0.25) is 21.8 Å². The molecule has 0 atom stereocenters. The molecule has 2 amide bonds. The van der Waals surface area contributed by atoms with Gasteiger partial charge >= 0.3 is 0 Å². The van der Waals surface area contributed by atoms with Crippen LogP contribution in [0.3, 0.4) is 0 Å². The molecule has 0 bridgehead atoms. The lowest BCUT2D eigenvalue weighted by atomic mass is 9.95. The quantitative estimate of drug-likeness (QED) is 0.585. The minimum absolute atomic E-state index is 0.0376. The fourth-order valence-electron chi connectivity index (χ4n) is 4.16. The van der Waals surface area contributed by atoms with Crippen molar-refractivity contribution in [2.45, 2.75) is 71.4 Å². The summed E-state index contributed by atoms with van der Waals surface area (Å²) >= 11 is 0. The van der Waals surface area contributed by atoms with Crippen molar-refractivity contribution in [2.24, 2.45) is 5.73 Å². The van der Waals surface area contributed by atoms with E-state index in [0.29, 0.717) is 17.0 Å². The molecule has 2 aromatic carbocycles. The van der Waals surface area contributed by atoms with Crippen LogP contribution in [-0.2, 0) is 21.4 Å². The standard InChI is InChI=1S/C25H33N3O4S/c1-15-16(2)18(4)24(19(5)17(15)3)33(31,32)27-13-12-23(29)28(22-10-11-22)14-20-6-8-21(9-7-20)25(26)30/h6-9,22,27H,10-14H2,1-5H3,(H2,26,30). The molecule has 1 aliphatic carbocycles. The molecule has 0 saturated heterocycles. The number of rotatable bonds is 9. The number of amides is 2. The van der Waals surface area contributed by atoms with Gasteiger partial charge in [0.05, 0.1) is 4.90 Å². The first-order valence-corrected chi connectivity index (χ1v) is 12.7. The van der Waals surface area contributed by atoms with Crippen molar-refractivity contribution in [1.29, 1.82) is 0 Å².